The van der Waals surface area contributed by atoms with Gasteiger partial charge in [0.05, 0.1) is 6.61 Å². The Morgan fingerprint density at radius 1 is 1.43 bits per heavy atom. The molecule has 0 saturated carbocycles. The summed E-state index contributed by atoms with van der Waals surface area (Å²) in [5, 5.41) is 9.34. The van der Waals surface area contributed by atoms with Crippen LogP contribution in [0.5, 0.6) is 5.75 Å². The molecule has 1 aliphatic heterocycles. The second-order valence-electron chi connectivity index (χ2n) is 5.67. The molecule has 21 heavy (non-hydrogen) atoms. The molecule has 1 N–H and O–H groups in total. The fraction of sp³-hybridized carbons (Fsp3) is 0.333. The van der Waals surface area contributed by atoms with E-state index in [1.54, 1.807) is 6.08 Å². The number of benzene rings is 1. The van der Waals surface area contributed by atoms with Crippen LogP contribution in [0.15, 0.2) is 60.9 Å². The van der Waals surface area contributed by atoms with Crippen molar-refractivity contribution in [3.05, 3.63) is 66.5 Å². The van der Waals surface area contributed by atoms with E-state index in [1.165, 1.54) is 11.6 Å². The second kappa shape index (κ2) is 6.64. The molecule has 1 saturated heterocycles. The van der Waals surface area contributed by atoms with Crippen molar-refractivity contribution in [3.63, 3.8) is 0 Å². The van der Waals surface area contributed by atoms with Gasteiger partial charge in [-0.1, -0.05) is 44.7 Å². The van der Waals surface area contributed by atoms with Crippen molar-refractivity contribution in [1.29, 1.82) is 0 Å². The molecule has 1 aliphatic rings. The minimum atomic E-state index is -0.129. The van der Waals surface area contributed by atoms with Crippen LogP contribution in [0, 0.1) is 0 Å². The third-order valence-electron chi connectivity index (χ3n) is 3.43. The number of epoxide rings is 1. The fourth-order valence-corrected chi connectivity index (χ4v) is 1.89. The summed E-state index contributed by atoms with van der Waals surface area (Å²) in [7, 11) is 0. The van der Waals surface area contributed by atoms with Crippen molar-refractivity contribution in [2.24, 2.45) is 0 Å². The molecule has 1 aromatic rings. The van der Waals surface area contributed by atoms with Crippen molar-refractivity contribution in [2.45, 2.75) is 25.4 Å². The Labute approximate surface area is 126 Å². The van der Waals surface area contributed by atoms with Crippen LogP contribution in [-0.4, -0.2) is 24.4 Å². The largest absolute Gasteiger partial charge is 0.508 e. The number of allylic oxidation sites excluding steroid dienone is 4. The third kappa shape index (κ3) is 4.80. The van der Waals surface area contributed by atoms with Crippen LogP contribution in [0.25, 0.3) is 0 Å². The van der Waals surface area contributed by atoms with Crippen LogP contribution >= 0.6 is 0 Å². The molecule has 1 aromatic carbocycles. The van der Waals surface area contributed by atoms with E-state index in [-0.39, 0.29) is 17.3 Å². The summed E-state index contributed by atoms with van der Waals surface area (Å²) in [5.74, 6) is 1.02. The molecule has 2 rings (SSSR count). The average Bonchev–Trinajstić information content (AvgIpc) is 3.29. The van der Waals surface area contributed by atoms with Gasteiger partial charge in [0.2, 0.25) is 0 Å². The lowest BCUT2D eigenvalue weighted by molar-refractivity contribution is 0.263. The van der Waals surface area contributed by atoms with Gasteiger partial charge in [0.1, 0.15) is 24.2 Å². The van der Waals surface area contributed by atoms with Crippen LogP contribution in [-0.2, 0) is 10.2 Å². The summed E-state index contributed by atoms with van der Waals surface area (Å²) in [6.45, 7) is 9.17. The minimum Gasteiger partial charge on any atom is -0.508 e. The van der Waals surface area contributed by atoms with E-state index in [2.05, 4.69) is 32.6 Å². The predicted molar refractivity (Wildman–Crippen MR) is 84.8 cm³/mol. The number of aliphatic hydroxyl groups is 1. The highest BCUT2D eigenvalue weighted by Gasteiger charge is 2.23. The molecule has 1 unspecified atom stereocenters. The Balaban J connectivity index is 1.99. The number of hydrogen-bond donors (Lipinski definition) is 1. The number of ether oxygens (including phenoxy) is 2. The zero-order valence-electron chi connectivity index (χ0n) is 12.6. The van der Waals surface area contributed by atoms with Crippen molar-refractivity contribution in [3.8, 4) is 5.75 Å². The molecule has 1 atom stereocenters. The second-order valence-corrected chi connectivity index (χ2v) is 5.67. The van der Waals surface area contributed by atoms with Gasteiger partial charge in [-0.05, 0) is 29.8 Å². The van der Waals surface area contributed by atoms with E-state index in [0.717, 1.165) is 12.4 Å². The Morgan fingerprint density at radius 2 is 2.10 bits per heavy atom. The van der Waals surface area contributed by atoms with Gasteiger partial charge in [0.15, 0.2) is 0 Å². The zero-order valence-corrected chi connectivity index (χ0v) is 12.6. The van der Waals surface area contributed by atoms with Crippen molar-refractivity contribution < 1.29 is 14.6 Å². The fourth-order valence-electron chi connectivity index (χ4n) is 1.89. The summed E-state index contributed by atoms with van der Waals surface area (Å²) in [5.41, 5.74) is 1.05. The summed E-state index contributed by atoms with van der Waals surface area (Å²) >= 11 is 0. The molecule has 0 aliphatic carbocycles. The van der Waals surface area contributed by atoms with E-state index >= 15 is 0 Å². The van der Waals surface area contributed by atoms with E-state index in [9.17, 15) is 5.11 Å². The standard InChI is InChI=1S/C18H22O3/c1-4-15(19)6-5-11-18(2,3)14-7-9-16(10-8-14)20-12-17-13-21-17/h4-11,17,19H,1,12-13H2,2-3H3/b11-5+,15-6+. The number of hydrogen-bond acceptors (Lipinski definition) is 3. The maximum atomic E-state index is 9.34. The third-order valence-corrected chi connectivity index (χ3v) is 3.43. The predicted octanol–water partition coefficient (Wildman–Crippen LogP) is 3.93. The van der Waals surface area contributed by atoms with E-state index < -0.39 is 0 Å². The van der Waals surface area contributed by atoms with Gasteiger partial charge in [-0.25, -0.2) is 0 Å². The molecule has 0 spiro atoms. The SMILES string of the molecule is C=C/C(O)=C\C=C\C(C)(C)c1ccc(OCC2CO2)cc1. The maximum Gasteiger partial charge on any atom is 0.119 e. The highest BCUT2D eigenvalue weighted by molar-refractivity contribution is 5.35. The molecular weight excluding hydrogens is 264 g/mol. The van der Waals surface area contributed by atoms with Gasteiger partial charge in [0.25, 0.3) is 0 Å². The summed E-state index contributed by atoms with van der Waals surface area (Å²) in [6.07, 6.45) is 7.19. The molecule has 112 valence electrons. The Kier molecular flexibility index (Phi) is 4.86. The van der Waals surface area contributed by atoms with Crippen LogP contribution < -0.4 is 4.74 Å². The Hall–Kier alpha value is -2.00. The topological polar surface area (TPSA) is 42.0 Å². The van der Waals surface area contributed by atoms with Crippen LogP contribution in [0.4, 0.5) is 0 Å². The van der Waals surface area contributed by atoms with Gasteiger partial charge < -0.3 is 14.6 Å². The van der Waals surface area contributed by atoms with Crippen LogP contribution in [0.3, 0.4) is 0 Å². The first kappa shape index (κ1) is 15.4. The maximum absolute atomic E-state index is 9.34. The quantitative estimate of drug-likeness (QED) is 0.469. The highest BCUT2D eigenvalue weighted by Crippen LogP contribution is 2.27. The summed E-state index contributed by atoms with van der Waals surface area (Å²) < 4.78 is 10.7. The van der Waals surface area contributed by atoms with Crippen LogP contribution in [0.1, 0.15) is 19.4 Å². The molecule has 3 nitrogen and oxygen atoms in total. The molecule has 1 fully saturated rings. The summed E-state index contributed by atoms with van der Waals surface area (Å²) in [4.78, 5) is 0. The van der Waals surface area contributed by atoms with E-state index in [4.69, 9.17) is 9.47 Å². The summed E-state index contributed by atoms with van der Waals surface area (Å²) in [6, 6.07) is 8.07. The first-order valence-corrected chi connectivity index (χ1v) is 7.07. The molecule has 0 aromatic heterocycles. The Bertz CT molecular complexity index is 534. The lowest BCUT2D eigenvalue weighted by Gasteiger charge is -2.21. The average molecular weight is 286 g/mol. The van der Waals surface area contributed by atoms with Gasteiger partial charge in [0, 0.05) is 5.41 Å². The normalized spacial score (nSPS) is 18.8. The van der Waals surface area contributed by atoms with Gasteiger partial charge in [-0.3, -0.25) is 0 Å². The highest BCUT2D eigenvalue weighted by atomic mass is 16.6. The van der Waals surface area contributed by atoms with E-state index in [1.807, 2.05) is 24.3 Å². The lowest BCUT2D eigenvalue weighted by Crippen LogP contribution is -2.13. The monoisotopic (exact) mass is 286 g/mol. The molecule has 0 radical (unpaired) electrons. The smallest absolute Gasteiger partial charge is 0.119 e. The molecule has 0 amide bonds. The first-order valence-electron chi connectivity index (χ1n) is 7.07. The molecule has 3 heteroatoms. The number of aliphatic hydroxyl groups excluding tert-OH is 1. The lowest BCUT2D eigenvalue weighted by atomic mass is 9.84. The minimum absolute atomic E-state index is 0.129. The van der Waals surface area contributed by atoms with Crippen molar-refractivity contribution in [2.75, 3.05) is 13.2 Å². The van der Waals surface area contributed by atoms with Gasteiger partial charge in [-0.15, -0.1) is 0 Å². The van der Waals surface area contributed by atoms with Crippen LogP contribution in [0.2, 0.25) is 0 Å². The van der Waals surface area contributed by atoms with Crippen molar-refractivity contribution >= 4 is 0 Å². The van der Waals surface area contributed by atoms with Gasteiger partial charge >= 0.3 is 0 Å². The molecule has 0 bridgehead atoms. The molecule has 1 heterocycles. The van der Waals surface area contributed by atoms with Gasteiger partial charge in [-0.2, -0.15) is 0 Å². The number of rotatable bonds is 7. The van der Waals surface area contributed by atoms with Crippen molar-refractivity contribution in [1.82, 2.24) is 0 Å². The molecular formula is C18H22O3. The van der Waals surface area contributed by atoms with E-state index in [0.29, 0.717) is 6.61 Å². The Morgan fingerprint density at radius 3 is 2.67 bits per heavy atom. The zero-order chi connectivity index (χ0) is 15.3. The first-order chi connectivity index (χ1) is 10.0.